The molecule has 1 aromatic heterocycles. The van der Waals surface area contributed by atoms with Crippen molar-refractivity contribution in [2.24, 2.45) is 0 Å². The number of likely N-dealkylation sites (N-methyl/N-ethyl adjacent to an activating group) is 1. The molecule has 2 N–H and O–H groups in total. The van der Waals surface area contributed by atoms with Gasteiger partial charge in [-0.15, -0.1) is 0 Å². The van der Waals surface area contributed by atoms with E-state index >= 15 is 0 Å². The highest BCUT2D eigenvalue weighted by molar-refractivity contribution is 5.67. The van der Waals surface area contributed by atoms with Crippen molar-refractivity contribution in [1.29, 1.82) is 0 Å². The van der Waals surface area contributed by atoms with Crippen molar-refractivity contribution in [3.05, 3.63) is 27.4 Å². The van der Waals surface area contributed by atoms with Gasteiger partial charge in [0.2, 0.25) is 0 Å². The van der Waals surface area contributed by atoms with Gasteiger partial charge in [-0.2, -0.15) is 0 Å². The van der Waals surface area contributed by atoms with Crippen LogP contribution in [0.1, 0.15) is 37.4 Å². The first-order chi connectivity index (χ1) is 9.47. The molecule has 6 nitrogen and oxygen atoms in total. The SMILES string of the molecule is CCN(CC)CCc1nc(C)c(CCC(=O)O)c(=O)[nH]1. The average molecular weight is 281 g/mol. The molecule has 0 spiro atoms. The van der Waals surface area contributed by atoms with Gasteiger partial charge in [0, 0.05) is 30.6 Å². The van der Waals surface area contributed by atoms with E-state index in [4.69, 9.17) is 5.11 Å². The van der Waals surface area contributed by atoms with Crippen LogP contribution in [-0.2, 0) is 17.6 Å². The van der Waals surface area contributed by atoms with Gasteiger partial charge in [-0.25, -0.2) is 4.98 Å². The molecule has 1 heterocycles. The number of carboxylic acids is 1. The Hall–Kier alpha value is -1.69. The molecule has 0 saturated carbocycles. The van der Waals surface area contributed by atoms with Crippen LogP contribution in [0.25, 0.3) is 0 Å². The lowest BCUT2D eigenvalue weighted by Gasteiger charge is -2.17. The molecule has 0 atom stereocenters. The smallest absolute Gasteiger partial charge is 0.303 e. The molecule has 0 saturated heterocycles. The zero-order valence-electron chi connectivity index (χ0n) is 12.4. The van der Waals surface area contributed by atoms with E-state index in [2.05, 4.69) is 28.7 Å². The summed E-state index contributed by atoms with van der Waals surface area (Å²) in [6.45, 7) is 8.74. The normalized spacial score (nSPS) is 11.0. The van der Waals surface area contributed by atoms with Gasteiger partial charge in [-0.05, 0) is 26.4 Å². The third kappa shape index (κ3) is 4.77. The summed E-state index contributed by atoms with van der Waals surface area (Å²) in [5, 5.41) is 8.67. The summed E-state index contributed by atoms with van der Waals surface area (Å²) in [6, 6.07) is 0. The summed E-state index contributed by atoms with van der Waals surface area (Å²) in [5.74, 6) is -0.243. The van der Waals surface area contributed by atoms with Crippen LogP contribution in [0.5, 0.6) is 0 Å². The molecule has 0 unspecified atom stereocenters. The number of H-pyrrole nitrogens is 1. The average Bonchev–Trinajstić information content (AvgIpc) is 2.38. The fraction of sp³-hybridized carbons (Fsp3) is 0.643. The Bertz CT molecular complexity index is 507. The third-order valence-corrected chi connectivity index (χ3v) is 3.42. The van der Waals surface area contributed by atoms with E-state index in [1.54, 1.807) is 6.92 Å². The molecule has 0 aromatic carbocycles. The first kappa shape index (κ1) is 16.4. The Morgan fingerprint density at radius 3 is 2.45 bits per heavy atom. The lowest BCUT2D eigenvalue weighted by Crippen LogP contribution is -2.27. The highest BCUT2D eigenvalue weighted by atomic mass is 16.4. The van der Waals surface area contributed by atoms with Crippen molar-refractivity contribution in [2.45, 2.75) is 40.0 Å². The number of carbonyl (C=O) groups is 1. The Morgan fingerprint density at radius 1 is 1.30 bits per heavy atom. The highest BCUT2D eigenvalue weighted by Crippen LogP contribution is 2.04. The quantitative estimate of drug-likeness (QED) is 0.742. The van der Waals surface area contributed by atoms with Gasteiger partial charge in [-0.1, -0.05) is 13.8 Å². The first-order valence-corrected chi connectivity index (χ1v) is 7.00. The van der Waals surface area contributed by atoms with Crippen LogP contribution in [0.2, 0.25) is 0 Å². The minimum Gasteiger partial charge on any atom is -0.481 e. The summed E-state index contributed by atoms with van der Waals surface area (Å²) >= 11 is 0. The number of hydrogen-bond donors (Lipinski definition) is 2. The Labute approximate surface area is 118 Å². The Morgan fingerprint density at radius 2 is 1.95 bits per heavy atom. The van der Waals surface area contributed by atoms with Crippen molar-refractivity contribution in [2.75, 3.05) is 19.6 Å². The van der Waals surface area contributed by atoms with E-state index in [9.17, 15) is 9.59 Å². The number of aromatic nitrogens is 2. The predicted octanol–water partition coefficient (Wildman–Crippen LogP) is 0.980. The fourth-order valence-electron chi connectivity index (χ4n) is 2.12. The van der Waals surface area contributed by atoms with E-state index in [0.29, 0.717) is 23.5 Å². The van der Waals surface area contributed by atoms with Crippen LogP contribution in [0, 0.1) is 6.92 Å². The summed E-state index contributed by atoms with van der Waals surface area (Å²) in [5.41, 5.74) is 0.886. The summed E-state index contributed by atoms with van der Waals surface area (Å²) in [4.78, 5) is 31.9. The van der Waals surface area contributed by atoms with Crippen LogP contribution in [0.4, 0.5) is 0 Å². The maximum absolute atomic E-state index is 12.0. The zero-order valence-corrected chi connectivity index (χ0v) is 12.4. The molecule has 0 fully saturated rings. The number of rotatable bonds is 8. The van der Waals surface area contributed by atoms with Crippen LogP contribution < -0.4 is 5.56 Å². The van der Waals surface area contributed by atoms with Gasteiger partial charge in [0.15, 0.2) is 0 Å². The molecule has 1 rings (SSSR count). The molecule has 0 amide bonds. The zero-order chi connectivity index (χ0) is 15.1. The molecular formula is C14H23N3O3. The van der Waals surface area contributed by atoms with E-state index in [-0.39, 0.29) is 18.4 Å². The molecule has 0 aliphatic carbocycles. The van der Waals surface area contributed by atoms with Crippen LogP contribution in [0.3, 0.4) is 0 Å². The van der Waals surface area contributed by atoms with Gasteiger partial charge >= 0.3 is 5.97 Å². The number of nitrogens with zero attached hydrogens (tertiary/aromatic N) is 2. The van der Waals surface area contributed by atoms with Crippen molar-refractivity contribution in [3.8, 4) is 0 Å². The minimum absolute atomic E-state index is 0.0512. The molecule has 0 aliphatic rings. The van der Waals surface area contributed by atoms with Crippen LogP contribution in [-0.4, -0.2) is 45.6 Å². The first-order valence-electron chi connectivity index (χ1n) is 7.00. The van der Waals surface area contributed by atoms with Crippen LogP contribution >= 0.6 is 0 Å². The van der Waals surface area contributed by atoms with Gasteiger partial charge in [0.05, 0.1) is 0 Å². The maximum atomic E-state index is 12.0. The molecule has 0 aliphatic heterocycles. The number of aliphatic carboxylic acids is 1. The summed E-state index contributed by atoms with van der Waals surface area (Å²) in [7, 11) is 0. The van der Waals surface area contributed by atoms with Crippen molar-refractivity contribution in [3.63, 3.8) is 0 Å². The second kappa shape index (κ2) is 7.79. The predicted molar refractivity (Wildman–Crippen MR) is 77.0 cm³/mol. The van der Waals surface area contributed by atoms with Crippen LogP contribution in [0.15, 0.2) is 4.79 Å². The Kier molecular flexibility index (Phi) is 6.38. The van der Waals surface area contributed by atoms with Crippen molar-refractivity contribution >= 4 is 5.97 Å². The molecule has 1 aromatic rings. The van der Waals surface area contributed by atoms with Crippen molar-refractivity contribution < 1.29 is 9.90 Å². The number of hydrogen-bond acceptors (Lipinski definition) is 4. The van der Waals surface area contributed by atoms with Crippen molar-refractivity contribution in [1.82, 2.24) is 14.9 Å². The molecule has 0 radical (unpaired) electrons. The standard InChI is InChI=1S/C14H23N3O3/c1-4-17(5-2)9-8-12-15-10(3)11(14(20)16-12)6-7-13(18)19/h4-9H2,1-3H3,(H,18,19)(H,15,16,20). The number of carboxylic acid groups (broad SMARTS) is 1. The van der Waals surface area contributed by atoms with Gasteiger partial charge < -0.3 is 15.0 Å². The summed E-state index contributed by atoms with van der Waals surface area (Å²) < 4.78 is 0. The largest absolute Gasteiger partial charge is 0.481 e. The second-order valence-corrected chi connectivity index (χ2v) is 4.75. The minimum atomic E-state index is -0.908. The maximum Gasteiger partial charge on any atom is 0.303 e. The van der Waals surface area contributed by atoms with Gasteiger partial charge in [-0.3, -0.25) is 9.59 Å². The van der Waals surface area contributed by atoms with E-state index in [1.807, 2.05) is 0 Å². The number of aryl methyl sites for hydroxylation is 1. The van der Waals surface area contributed by atoms with Gasteiger partial charge in [0.1, 0.15) is 5.82 Å². The van der Waals surface area contributed by atoms with E-state index in [1.165, 1.54) is 0 Å². The number of aromatic amines is 1. The molecule has 6 heteroatoms. The topological polar surface area (TPSA) is 86.3 Å². The summed E-state index contributed by atoms with van der Waals surface area (Å²) in [6.07, 6.45) is 0.862. The molecule has 20 heavy (non-hydrogen) atoms. The third-order valence-electron chi connectivity index (χ3n) is 3.42. The monoisotopic (exact) mass is 281 g/mol. The molecule has 112 valence electrons. The second-order valence-electron chi connectivity index (χ2n) is 4.75. The van der Waals surface area contributed by atoms with E-state index < -0.39 is 5.97 Å². The molecular weight excluding hydrogens is 258 g/mol. The fourth-order valence-corrected chi connectivity index (χ4v) is 2.12. The molecule has 0 bridgehead atoms. The lowest BCUT2D eigenvalue weighted by molar-refractivity contribution is -0.136. The Balaban J connectivity index is 2.77. The van der Waals surface area contributed by atoms with E-state index in [0.717, 1.165) is 19.6 Å². The number of nitrogens with one attached hydrogen (secondary N) is 1. The highest BCUT2D eigenvalue weighted by Gasteiger charge is 2.10. The van der Waals surface area contributed by atoms with Gasteiger partial charge in [0.25, 0.3) is 5.56 Å². The lowest BCUT2D eigenvalue weighted by atomic mass is 10.1.